The third-order valence-corrected chi connectivity index (χ3v) is 3.60. The van der Waals surface area contributed by atoms with E-state index in [-0.39, 0.29) is 24.4 Å². The van der Waals surface area contributed by atoms with Gasteiger partial charge in [-0.25, -0.2) is 9.18 Å². The number of hydrogen-bond acceptors (Lipinski definition) is 2. The molecule has 0 aromatic heterocycles. The molecule has 1 aromatic carbocycles. The van der Waals surface area contributed by atoms with E-state index in [2.05, 4.69) is 5.32 Å². The summed E-state index contributed by atoms with van der Waals surface area (Å²) in [4.78, 5) is 13.5. The number of hydrogen-bond donors (Lipinski definition) is 2. The number of nitrogens with zero attached hydrogens (tertiary/aromatic N) is 1. The predicted molar refractivity (Wildman–Crippen MR) is 74.9 cm³/mol. The van der Waals surface area contributed by atoms with Gasteiger partial charge >= 0.3 is 6.03 Å². The minimum absolute atomic E-state index is 0.154. The summed E-state index contributed by atoms with van der Waals surface area (Å²) >= 11 is 0. The maximum Gasteiger partial charge on any atom is 0.317 e. The van der Waals surface area contributed by atoms with Crippen LogP contribution in [0.1, 0.15) is 36.9 Å². The Balaban J connectivity index is 2.08. The molecule has 2 N–H and O–H groups in total. The number of rotatable bonds is 3. The number of benzene rings is 1. The van der Waals surface area contributed by atoms with Crippen molar-refractivity contribution in [3.05, 3.63) is 35.1 Å². The third-order valence-electron chi connectivity index (χ3n) is 3.60. The number of aliphatic hydroxyl groups excluding tert-OH is 1. The van der Waals surface area contributed by atoms with Crippen LogP contribution in [-0.4, -0.2) is 35.7 Å². The number of carbonyl (C=O) groups excluding carboxylic acids is 1. The highest BCUT2D eigenvalue weighted by atomic mass is 19.1. The van der Waals surface area contributed by atoms with E-state index in [1.54, 1.807) is 20.0 Å². The van der Waals surface area contributed by atoms with Gasteiger partial charge in [-0.05, 0) is 49.4 Å². The summed E-state index contributed by atoms with van der Waals surface area (Å²) < 4.78 is 13.4. The first kappa shape index (κ1) is 14.8. The molecular formula is C15H21FN2O2. The number of halogens is 1. The molecule has 0 aliphatic heterocycles. The number of urea groups is 1. The van der Waals surface area contributed by atoms with Crippen molar-refractivity contribution in [1.29, 1.82) is 0 Å². The first-order chi connectivity index (χ1) is 9.47. The lowest BCUT2D eigenvalue weighted by Gasteiger charge is -2.29. The fraction of sp³-hybridized carbons (Fsp3) is 0.533. The minimum Gasteiger partial charge on any atom is -0.392 e. The monoisotopic (exact) mass is 280 g/mol. The van der Waals surface area contributed by atoms with Crippen molar-refractivity contribution < 1.29 is 14.3 Å². The van der Waals surface area contributed by atoms with Crippen LogP contribution in [0.4, 0.5) is 9.18 Å². The maximum absolute atomic E-state index is 13.4. The van der Waals surface area contributed by atoms with Gasteiger partial charge in [0.2, 0.25) is 0 Å². The Hall–Kier alpha value is -1.62. The minimum atomic E-state index is -0.568. The van der Waals surface area contributed by atoms with Gasteiger partial charge in [-0.3, -0.25) is 0 Å². The molecule has 1 aliphatic carbocycles. The number of nitrogens with one attached hydrogen (secondary N) is 1. The zero-order valence-electron chi connectivity index (χ0n) is 11.9. The molecule has 20 heavy (non-hydrogen) atoms. The molecule has 0 heterocycles. The SMILES string of the molecule is CC(O)CN(C)C(=O)NC1CCCc2ccc(F)cc21. The molecule has 2 amide bonds. The average Bonchev–Trinajstić information content (AvgIpc) is 2.38. The number of fused-ring (bicyclic) bond motifs is 1. The topological polar surface area (TPSA) is 52.6 Å². The number of aliphatic hydroxyl groups is 1. The summed E-state index contributed by atoms with van der Waals surface area (Å²) in [6, 6.07) is 4.37. The third kappa shape index (κ3) is 3.48. The Kier molecular flexibility index (Phi) is 4.60. The quantitative estimate of drug-likeness (QED) is 0.892. The summed E-state index contributed by atoms with van der Waals surface area (Å²) in [6.45, 7) is 1.91. The second-order valence-electron chi connectivity index (χ2n) is 5.47. The molecule has 2 rings (SSSR count). The zero-order chi connectivity index (χ0) is 14.7. The molecule has 0 spiro atoms. The van der Waals surface area contributed by atoms with E-state index in [0.717, 1.165) is 30.4 Å². The summed E-state index contributed by atoms with van der Waals surface area (Å²) in [5, 5.41) is 12.2. The predicted octanol–water partition coefficient (Wildman–Crippen LogP) is 2.23. The number of aryl methyl sites for hydroxylation is 1. The van der Waals surface area contributed by atoms with Crippen molar-refractivity contribution in [2.24, 2.45) is 0 Å². The van der Waals surface area contributed by atoms with Crippen LogP contribution in [0.25, 0.3) is 0 Å². The Bertz CT molecular complexity index is 491. The molecule has 5 heteroatoms. The van der Waals surface area contributed by atoms with Crippen molar-refractivity contribution in [2.45, 2.75) is 38.3 Å². The maximum atomic E-state index is 13.4. The van der Waals surface area contributed by atoms with Gasteiger partial charge < -0.3 is 15.3 Å². The van der Waals surface area contributed by atoms with Crippen LogP contribution in [0.3, 0.4) is 0 Å². The van der Waals surface area contributed by atoms with E-state index in [1.165, 1.54) is 17.0 Å². The van der Waals surface area contributed by atoms with E-state index in [9.17, 15) is 14.3 Å². The van der Waals surface area contributed by atoms with Crippen LogP contribution >= 0.6 is 0 Å². The van der Waals surface area contributed by atoms with Crippen molar-refractivity contribution >= 4 is 6.03 Å². The number of carbonyl (C=O) groups is 1. The van der Waals surface area contributed by atoms with Gasteiger partial charge in [-0.1, -0.05) is 6.07 Å². The van der Waals surface area contributed by atoms with Crippen molar-refractivity contribution in [3.8, 4) is 0 Å². The van der Waals surface area contributed by atoms with E-state index in [4.69, 9.17) is 0 Å². The van der Waals surface area contributed by atoms with Gasteiger partial charge in [-0.2, -0.15) is 0 Å². The standard InChI is InChI=1S/C15H21FN2O2/c1-10(19)9-18(2)15(20)17-14-5-3-4-11-6-7-12(16)8-13(11)14/h6-8,10,14,19H,3-5,9H2,1-2H3,(H,17,20). The van der Waals surface area contributed by atoms with Crippen molar-refractivity contribution in [3.63, 3.8) is 0 Å². The van der Waals surface area contributed by atoms with Gasteiger partial charge in [0.1, 0.15) is 5.82 Å². The molecule has 0 bridgehead atoms. The molecule has 110 valence electrons. The Morgan fingerprint density at radius 2 is 2.35 bits per heavy atom. The van der Waals surface area contributed by atoms with Gasteiger partial charge in [-0.15, -0.1) is 0 Å². The zero-order valence-corrected chi connectivity index (χ0v) is 11.9. The Labute approximate surface area is 118 Å². The smallest absolute Gasteiger partial charge is 0.317 e. The summed E-state index contributed by atoms with van der Waals surface area (Å²) in [5.41, 5.74) is 1.97. The Morgan fingerprint density at radius 3 is 3.05 bits per heavy atom. The van der Waals surface area contributed by atoms with E-state index < -0.39 is 6.10 Å². The molecular weight excluding hydrogens is 259 g/mol. The van der Waals surface area contributed by atoms with Crippen molar-refractivity contribution in [1.82, 2.24) is 10.2 Å². The fourth-order valence-corrected chi connectivity index (χ4v) is 2.66. The summed E-state index contributed by atoms with van der Waals surface area (Å²) in [7, 11) is 1.64. The highest BCUT2D eigenvalue weighted by molar-refractivity contribution is 5.74. The molecule has 0 radical (unpaired) electrons. The highest BCUT2D eigenvalue weighted by Gasteiger charge is 2.23. The largest absolute Gasteiger partial charge is 0.392 e. The van der Waals surface area contributed by atoms with E-state index >= 15 is 0 Å². The lowest BCUT2D eigenvalue weighted by molar-refractivity contribution is 0.142. The van der Waals surface area contributed by atoms with Crippen LogP contribution in [0.15, 0.2) is 18.2 Å². The lowest BCUT2D eigenvalue weighted by atomic mass is 9.87. The van der Waals surface area contributed by atoms with E-state index in [1.807, 2.05) is 0 Å². The highest BCUT2D eigenvalue weighted by Crippen LogP contribution is 2.30. The fourth-order valence-electron chi connectivity index (χ4n) is 2.66. The van der Waals surface area contributed by atoms with Gasteiger partial charge in [0.05, 0.1) is 12.1 Å². The first-order valence-corrected chi connectivity index (χ1v) is 6.95. The van der Waals surface area contributed by atoms with Crippen LogP contribution < -0.4 is 5.32 Å². The molecule has 1 aromatic rings. The van der Waals surface area contributed by atoms with Crippen LogP contribution in [0, 0.1) is 5.82 Å². The second kappa shape index (κ2) is 6.22. The molecule has 0 fully saturated rings. The van der Waals surface area contributed by atoms with Gasteiger partial charge in [0.25, 0.3) is 0 Å². The molecule has 2 unspecified atom stereocenters. The molecule has 2 atom stereocenters. The number of likely N-dealkylation sites (N-methyl/N-ethyl adjacent to an activating group) is 1. The average molecular weight is 280 g/mol. The van der Waals surface area contributed by atoms with Crippen molar-refractivity contribution in [2.75, 3.05) is 13.6 Å². The van der Waals surface area contributed by atoms with Crippen LogP contribution in [0.2, 0.25) is 0 Å². The van der Waals surface area contributed by atoms with Crippen LogP contribution in [-0.2, 0) is 6.42 Å². The van der Waals surface area contributed by atoms with Gasteiger partial charge in [0, 0.05) is 13.6 Å². The first-order valence-electron chi connectivity index (χ1n) is 6.95. The lowest BCUT2D eigenvalue weighted by Crippen LogP contribution is -2.42. The van der Waals surface area contributed by atoms with Crippen LogP contribution in [0.5, 0.6) is 0 Å². The Morgan fingerprint density at radius 1 is 1.60 bits per heavy atom. The molecule has 0 saturated heterocycles. The summed E-state index contributed by atoms with van der Waals surface area (Å²) in [5.74, 6) is -0.276. The summed E-state index contributed by atoms with van der Waals surface area (Å²) in [6.07, 6.45) is 2.14. The molecule has 1 aliphatic rings. The number of amides is 2. The van der Waals surface area contributed by atoms with E-state index in [0.29, 0.717) is 0 Å². The molecule has 0 saturated carbocycles. The normalized spacial score (nSPS) is 19.1. The van der Waals surface area contributed by atoms with Gasteiger partial charge in [0.15, 0.2) is 0 Å². The molecule has 4 nitrogen and oxygen atoms in total. The second-order valence-corrected chi connectivity index (χ2v) is 5.47.